The molecule has 0 fully saturated rings. The van der Waals surface area contributed by atoms with E-state index in [0.29, 0.717) is 17.5 Å². The van der Waals surface area contributed by atoms with Crippen LogP contribution < -0.4 is 10.6 Å². The molecule has 0 bridgehead atoms. The molecule has 0 saturated carbocycles. The number of aryl methyl sites for hydroxylation is 1. The zero-order valence-electron chi connectivity index (χ0n) is 10.4. The molecule has 0 saturated heterocycles. The van der Waals surface area contributed by atoms with Crippen molar-refractivity contribution < 1.29 is 4.42 Å². The van der Waals surface area contributed by atoms with Crippen LogP contribution >= 0.6 is 11.6 Å². The van der Waals surface area contributed by atoms with Crippen LogP contribution in [-0.2, 0) is 0 Å². The standard InChI is InChI=1S/C12H18ClN3O/c1-8(13)7-15-12(14-4)16-10(3)11-6-5-9(2)17-11/h5-6,10H,1,7H2,2-4H3,(H2,14,15,16). The number of hydrogen-bond acceptors (Lipinski definition) is 2. The Morgan fingerprint density at radius 1 is 1.59 bits per heavy atom. The summed E-state index contributed by atoms with van der Waals surface area (Å²) < 4.78 is 5.53. The number of furan rings is 1. The van der Waals surface area contributed by atoms with Gasteiger partial charge in [-0.15, -0.1) is 0 Å². The molecular weight excluding hydrogens is 238 g/mol. The van der Waals surface area contributed by atoms with Crippen molar-refractivity contribution >= 4 is 17.6 Å². The summed E-state index contributed by atoms with van der Waals surface area (Å²) in [6.07, 6.45) is 0. The van der Waals surface area contributed by atoms with Gasteiger partial charge in [0.1, 0.15) is 11.5 Å². The van der Waals surface area contributed by atoms with Crippen LogP contribution in [-0.4, -0.2) is 19.6 Å². The van der Waals surface area contributed by atoms with Gasteiger partial charge < -0.3 is 15.1 Å². The molecule has 0 radical (unpaired) electrons. The number of hydrogen-bond donors (Lipinski definition) is 2. The Labute approximate surface area is 107 Å². The van der Waals surface area contributed by atoms with E-state index in [0.717, 1.165) is 11.5 Å². The maximum Gasteiger partial charge on any atom is 0.191 e. The fraction of sp³-hybridized carbons (Fsp3) is 0.417. The second kappa shape index (κ2) is 6.35. The van der Waals surface area contributed by atoms with Crippen molar-refractivity contribution in [3.63, 3.8) is 0 Å². The zero-order chi connectivity index (χ0) is 12.8. The van der Waals surface area contributed by atoms with E-state index in [1.165, 1.54) is 0 Å². The molecule has 0 aromatic carbocycles. The highest BCUT2D eigenvalue weighted by atomic mass is 35.5. The second-order valence-electron chi connectivity index (χ2n) is 3.76. The van der Waals surface area contributed by atoms with Crippen molar-refractivity contribution in [3.8, 4) is 0 Å². The van der Waals surface area contributed by atoms with Gasteiger partial charge in [-0.05, 0) is 26.0 Å². The van der Waals surface area contributed by atoms with E-state index in [4.69, 9.17) is 16.0 Å². The zero-order valence-corrected chi connectivity index (χ0v) is 11.1. The first-order chi connectivity index (χ1) is 8.02. The van der Waals surface area contributed by atoms with E-state index in [1.54, 1.807) is 7.05 Å². The topological polar surface area (TPSA) is 49.6 Å². The van der Waals surface area contributed by atoms with Gasteiger partial charge in [0.2, 0.25) is 0 Å². The summed E-state index contributed by atoms with van der Waals surface area (Å²) in [5.41, 5.74) is 0. The van der Waals surface area contributed by atoms with Crippen LogP contribution in [0.5, 0.6) is 0 Å². The largest absolute Gasteiger partial charge is 0.464 e. The minimum absolute atomic E-state index is 0.0403. The molecule has 0 aliphatic rings. The number of nitrogens with one attached hydrogen (secondary N) is 2. The van der Waals surface area contributed by atoms with Gasteiger partial charge in [0.25, 0.3) is 0 Å². The summed E-state index contributed by atoms with van der Waals surface area (Å²) in [4.78, 5) is 4.09. The van der Waals surface area contributed by atoms with Gasteiger partial charge in [-0.2, -0.15) is 0 Å². The molecule has 17 heavy (non-hydrogen) atoms. The van der Waals surface area contributed by atoms with Crippen LogP contribution in [0.4, 0.5) is 0 Å². The lowest BCUT2D eigenvalue weighted by atomic mass is 10.2. The van der Waals surface area contributed by atoms with Crippen molar-refractivity contribution in [2.24, 2.45) is 4.99 Å². The van der Waals surface area contributed by atoms with Crippen LogP contribution in [0.2, 0.25) is 0 Å². The second-order valence-corrected chi connectivity index (χ2v) is 4.29. The smallest absolute Gasteiger partial charge is 0.191 e. The summed E-state index contributed by atoms with van der Waals surface area (Å²) in [5.74, 6) is 2.43. The Morgan fingerprint density at radius 3 is 2.76 bits per heavy atom. The first-order valence-electron chi connectivity index (χ1n) is 5.39. The molecule has 94 valence electrons. The molecular formula is C12H18ClN3O. The molecule has 1 atom stereocenters. The fourth-order valence-electron chi connectivity index (χ4n) is 1.34. The number of nitrogens with zero attached hydrogens (tertiary/aromatic N) is 1. The fourth-order valence-corrected chi connectivity index (χ4v) is 1.40. The summed E-state index contributed by atoms with van der Waals surface area (Å²) in [5, 5.41) is 6.78. The van der Waals surface area contributed by atoms with Gasteiger partial charge in [-0.3, -0.25) is 4.99 Å². The maximum absolute atomic E-state index is 5.68. The summed E-state index contributed by atoms with van der Waals surface area (Å²) in [6.45, 7) is 8.00. The molecule has 0 amide bonds. The Balaban J connectivity index is 2.54. The van der Waals surface area contributed by atoms with Gasteiger partial charge in [0.05, 0.1) is 12.6 Å². The summed E-state index contributed by atoms with van der Waals surface area (Å²) in [6, 6.07) is 3.92. The van der Waals surface area contributed by atoms with Gasteiger partial charge in [-0.25, -0.2) is 0 Å². The lowest BCUT2D eigenvalue weighted by Gasteiger charge is -2.15. The quantitative estimate of drug-likeness (QED) is 0.642. The van der Waals surface area contributed by atoms with Gasteiger partial charge in [-0.1, -0.05) is 18.2 Å². The summed E-state index contributed by atoms with van der Waals surface area (Å²) >= 11 is 5.68. The lowest BCUT2D eigenvalue weighted by molar-refractivity contribution is 0.441. The molecule has 1 rings (SSSR count). The minimum Gasteiger partial charge on any atom is -0.464 e. The molecule has 5 heteroatoms. The highest BCUT2D eigenvalue weighted by molar-refractivity contribution is 6.29. The number of halogens is 1. The molecule has 2 N–H and O–H groups in total. The van der Waals surface area contributed by atoms with E-state index >= 15 is 0 Å². The van der Waals surface area contributed by atoms with E-state index in [-0.39, 0.29) is 6.04 Å². The van der Waals surface area contributed by atoms with Crippen LogP contribution in [0.25, 0.3) is 0 Å². The molecule has 4 nitrogen and oxygen atoms in total. The molecule has 0 aliphatic carbocycles. The molecule has 1 aromatic rings. The van der Waals surface area contributed by atoms with Crippen molar-refractivity contribution in [3.05, 3.63) is 35.3 Å². The maximum atomic E-state index is 5.68. The predicted octanol–water partition coefficient (Wildman–Crippen LogP) is 2.57. The first kappa shape index (κ1) is 13.6. The van der Waals surface area contributed by atoms with Crippen LogP contribution in [0.15, 0.2) is 33.2 Å². The van der Waals surface area contributed by atoms with Crippen LogP contribution in [0.1, 0.15) is 24.5 Å². The third-order valence-electron chi connectivity index (χ3n) is 2.21. The molecule has 1 unspecified atom stereocenters. The SMILES string of the molecule is C=C(Cl)CNC(=NC)NC(C)c1ccc(C)o1. The van der Waals surface area contributed by atoms with Crippen molar-refractivity contribution in [1.29, 1.82) is 0 Å². The lowest BCUT2D eigenvalue weighted by Crippen LogP contribution is -2.39. The Hall–Kier alpha value is -1.42. The van der Waals surface area contributed by atoms with Crippen molar-refractivity contribution in [2.75, 3.05) is 13.6 Å². The highest BCUT2D eigenvalue weighted by Crippen LogP contribution is 2.15. The normalized spacial score (nSPS) is 13.3. The van der Waals surface area contributed by atoms with Crippen LogP contribution in [0, 0.1) is 6.92 Å². The van der Waals surface area contributed by atoms with Crippen LogP contribution in [0.3, 0.4) is 0 Å². The van der Waals surface area contributed by atoms with Gasteiger partial charge in [0.15, 0.2) is 5.96 Å². The predicted molar refractivity (Wildman–Crippen MR) is 71.4 cm³/mol. The van der Waals surface area contributed by atoms with E-state index < -0.39 is 0 Å². The molecule has 1 aromatic heterocycles. The molecule has 0 spiro atoms. The van der Waals surface area contributed by atoms with Crippen molar-refractivity contribution in [2.45, 2.75) is 19.9 Å². The first-order valence-corrected chi connectivity index (χ1v) is 5.77. The third kappa shape index (κ3) is 4.53. The monoisotopic (exact) mass is 255 g/mol. The number of aliphatic imine (C=N–C) groups is 1. The third-order valence-corrected chi connectivity index (χ3v) is 2.35. The minimum atomic E-state index is 0.0403. The summed E-state index contributed by atoms with van der Waals surface area (Å²) in [7, 11) is 1.70. The molecule has 1 heterocycles. The van der Waals surface area contributed by atoms with E-state index in [1.807, 2.05) is 26.0 Å². The van der Waals surface area contributed by atoms with E-state index in [9.17, 15) is 0 Å². The Kier molecular flexibility index (Phi) is 5.10. The molecule has 0 aliphatic heterocycles. The highest BCUT2D eigenvalue weighted by Gasteiger charge is 2.10. The van der Waals surface area contributed by atoms with Crippen molar-refractivity contribution in [1.82, 2.24) is 10.6 Å². The Morgan fingerprint density at radius 2 is 2.29 bits per heavy atom. The van der Waals surface area contributed by atoms with Gasteiger partial charge >= 0.3 is 0 Å². The average Bonchev–Trinajstić information content (AvgIpc) is 2.70. The Bertz CT molecular complexity index is 412. The van der Waals surface area contributed by atoms with Gasteiger partial charge in [0, 0.05) is 12.1 Å². The average molecular weight is 256 g/mol. The number of guanidine groups is 1. The number of rotatable bonds is 4. The van der Waals surface area contributed by atoms with E-state index in [2.05, 4.69) is 22.2 Å².